The maximum atomic E-state index is 13.1. The van der Waals surface area contributed by atoms with E-state index in [9.17, 15) is 4.79 Å². The van der Waals surface area contributed by atoms with Crippen LogP contribution in [0.4, 0.5) is 5.69 Å². The highest BCUT2D eigenvalue weighted by atomic mass is 16.2. The van der Waals surface area contributed by atoms with E-state index in [0.717, 1.165) is 17.1 Å². The van der Waals surface area contributed by atoms with Crippen LogP contribution in [0.15, 0.2) is 24.5 Å². The number of pyridine rings is 1. The van der Waals surface area contributed by atoms with Crippen LogP contribution in [-0.4, -0.2) is 27.2 Å². The normalized spacial score (nSPS) is 11.5. The molecule has 5 heteroatoms. The summed E-state index contributed by atoms with van der Waals surface area (Å²) in [5.74, 6) is -0.0309. The standard InChI is InChI=1S/C17H24N4O/c1-7-21(14-9-8-10-18-12(14)2)16(22)13-11-20(6)19-15(13)17(3,4)5/h8-11H,7H2,1-6H3. The Labute approximate surface area is 132 Å². The van der Waals surface area contributed by atoms with Crippen molar-refractivity contribution in [1.82, 2.24) is 14.8 Å². The van der Waals surface area contributed by atoms with Gasteiger partial charge in [0.1, 0.15) is 0 Å². The molecular weight excluding hydrogens is 276 g/mol. The quantitative estimate of drug-likeness (QED) is 0.875. The number of anilines is 1. The molecule has 2 rings (SSSR count). The van der Waals surface area contributed by atoms with E-state index in [1.54, 1.807) is 22.0 Å². The third kappa shape index (κ3) is 3.03. The van der Waals surface area contributed by atoms with Gasteiger partial charge in [0, 0.05) is 31.4 Å². The van der Waals surface area contributed by atoms with Gasteiger partial charge >= 0.3 is 0 Å². The zero-order valence-electron chi connectivity index (χ0n) is 14.2. The van der Waals surface area contributed by atoms with Crippen molar-refractivity contribution in [3.63, 3.8) is 0 Å². The van der Waals surface area contributed by atoms with Crippen LogP contribution in [0.1, 0.15) is 49.4 Å². The van der Waals surface area contributed by atoms with Crippen LogP contribution in [0, 0.1) is 6.92 Å². The van der Waals surface area contributed by atoms with Gasteiger partial charge in [0.05, 0.1) is 22.6 Å². The van der Waals surface area contributed by atoms with Crippen LogP contribution in [0.5, 0.6) is 0 Å². The lowest BCUT2D eigenvalue weighted by Crippen LogP contribution is -2.33. The average molecular weight is 300 g/mol. The van der Waals surface area contributed by atoms with Crippen LogP contribution >= 0.6 is 0 Å². The topological polar surface area (TPSA) is 51.0 Å². The number of amides is 1. The number of carbonyl (C=O) groups is 1. The predicted molar refractivity (Wildman–Crippen MR) is 88.2 cm³/mol. The van der Waals surface area contributed by atoms with E-state index in [4.69, 9.17) is 0 Å². The van der Waals surface area contributed by atoms with Gasteiger partial charge in [-0.2, -0.15) is 5.10 Å². The fraction of sp³-hybridized carbons (Fsp3) is 0.471. The van der Waals surface area contributed by atoms with Gasteiger partial charge in [0.25, 0.3) is 5.91 Å². The van der Waals surface area contributed by atoms with E-state index >= 15 is 0 Å². The van der Waals surface area contributed by atoms with Gasteiger partial charge < -0.3 is 4.90 Å². The van der Waals surface area contributed by atoms with Crippen LogP contribution < -0.4 is 4.90 Å². The van der Waals surface area contributed by atoms with Crippen molar-refractivity contribution in [1.29, 1.82) is 0 Å². The molecule has 0 atom stereocenters. The first-order valence-electron chi connectivity index (χ1n) is 7.53. The summed E-state index contributed by atoms with van der Waals surface area (Å²) in [5, 5.41) is 4.49. The molecule has 1 amide bonds. The monoisotopic (exact) mass is 300 g/mol. The Hall–Kier alpha value is -2.17. The highest BCUT2D eigenvalue weighted by Gasteiger charge is 2.29. The lowest BCUT2D eigenvalue weighted by Gasteiger charge is -2.24. The first kappa shape index (κ1) is 16.2. The summed E-state index contributed by atoms with van der Waals surface area (Å²) in [4.78, 5) is 19.1. The maximum Gasteiger partial charge on any atom is 0.261 e. The largest absolute Gasteiger partial charge is 0.307 e. The minimum Gasteiger partial charge on any atom is -0.307 e. The first-order chi connectivity index (χ1) is 10.3. The third-order valence-corrected chi connectivity index (χ3v) is 3.60. The summed E-state index contributed by atoms with van der Waals surface area (Å²) in [6, 6.07) is 3.78. The van der Waals surface area contributed by atoms with Crippen molar-refractivity contribution in [2.75, 3.05) is 11.4 Å². The second-order valence-electron chi connectivity index (χ2n) is 6.47. The fourth-order valence-electron chi connectivity index (χ4n) is 2.53. The minimum atomic E-state index is -0.185. The van der Waals surface area contributed by atoms with Crippen molar-refractivity contribution in [2.24, 2.45) is 7.05 Å². The Morgan fingerprint density at radius 2 is 2.05 bits per heavy atom. The zero-order valence-corrected chi connectivity index (χ0v) is 14.2. The molecule has 0 N–H and O–H groups in total. The molecule has 0 aliphatic carbocycles. The summed E-state index contributed by atoms with van der Waals surface area (Å²) in [5.41, 5.74) is 2.98. The minimum absolute atomic E-state index is 0.0309. The van der Waals surface area contributed by atoms with Crippen molar-refractivity contribution in [2.45, 2.75) is 40.0 Å². The molecule has 0 saturated carbocycles. The molecule has 2 heterocycles. The van der Waals surface area contributed by atoms with Crippen molar-refractivity contribution in [3.05, 3.63) is 41.5 Å². The third-order valence-electron chi connectivity index (χ3n) is 3.60. The summed E-state index contributed by atoms with van der Waals surface area (Å²) < 4.78 is 1.71. The molecule has 0 fully saturated rings. The van der Waals surface area contributed by atoms with E-state index in [2.05, 4.69) is 30.9 Å². The van der Waals surface area contributed by atoms with Crippen LogP contribution in [0.2, 0.25) is 0 Å². The number of aromatic nitrogens is 3. The SMILES string of the molecule is CCN(C(=O)c1cn(C)nc1C(C)(C)C)c1cccnc1C. The molecule has 0 aliphatic rings. The van der Waals surface area contributed by atoms with Crippen LogP contribution in [0.3, 0.4) is 0 Å². The van der Waals surface area contributed by atoms with E-state index in [1.807, 2.05) is 33.0 Å². The number of hydrogen-bond acceptors (Lipinski definition) is 3. The van der Waals surface area contributed by atoms with E-state index in [-0.39, 0.29) is 11.3 Å². The Balaban J connectivity index is 2.49. The van der Waals surface area contributed by atoms with E-state index < -0.39 is 0 Å². The predicted octanol–water partition coefficient (Wildman–Crippen LogP) is 3.09. The summed E-state index contributed by atoms with van der Waals surface area (Å²) in [6.07, 6.45) is 3.54. The summed E-state index contributed by atoms with van der Waals surface area (Å²) >= 11 is 0. The summed E-state index contributed by atoms with van der Waals surface area (Å²) in [7, 11) is 1.84. The van der Waals surface area contributed by atoms with Crippen molar-refractivity contribution in [3.8, 4) is 0 Å². The molecule has 0 unspecified atom stereocenters. The molecule has 2 aromatic heterocycles. The van der Waals surface area contributed by atoms with Gasteiger partial charge in [-0.1, -0.05) is 20.8 Å². The average Bonchev–Trinajstić information content (AvgIpc) is 2.84. The Bertz CT molecular complexity index is 682. The maximum absolute atomic E-state index is 13.1. The molecule has 2 aromatic rings. The van der Waals surface area contributed by atoms with Gasteiger partial charge in [0.2, 0.25) is 0 Å². The second kappa shape index (κ2) is 5.91. The van der Waals surface area contributed by atoms with Gasteiger partial charge in [-0.15, -0.1) is 0 Å². The first-order valence-corrected chi connectivity index (χ1v) is 7.53. The van der Waals surface area contributed by atoms with Crippen molar-refractivity contribution < 1.29 is 4.79 Å². The Kier molecular flexibility index (Phi) is 4.35. The molecule has 118 valence electrons. The fourth-order valence-corrected chi connectivity index (χ4v) is 2.53. The number of aryl methyl sites for hydroxylation is 2. The number of nitrogens with zero attached hydrogens (tertiary/aromatic N) is 4. The molecule has 5 nitrogen and oxygen atoms in total. The number of rotatable bonds is 3. The Morgan fingerprint density at radius 1 is 1.36 bits per heavy atom. The lowest BCUT2D eigenvalue weighted by molar-refractivity contribution is 0.0986. The molecule has 0 radical (unpaired) electrons. The molecule has 0 saturated heterocycles. The van der Waals surface area contributed by atoms with Gasteiger partial charge in [0.15, 0.2) is 0 Å². The molecule has 0 bridgehead atoms. The zero-order chi connectivity index (χ0) is 16.5. The van der Waals surface area contributed by atoms with Crippen molar-refractivity contribution >= 4 is 11.6 Å². The smallest absolute Gasteiger partial charge is 0.261 e. The van der Waals surface area contributed by atoms with E-state index in [1.165, 1.54) is 0 Å². The molecule has 0 aromatic carbocycles. The molecule has 0 aliphatic heterocycles. The lowest BCUT2D eigenvalue weighted by atomic mass is 9.89. The molecular formula is C17H24N4O. The summed E-state index contributed by atoms with van der Waals surface area (Å²) in [6.45, 7) is 10.7. The van der Waals surface area contributed by atoms with Gasteiger partial charge in [-0.3, -0.25) is 14.5 Å². The van der Waals surface area contributed by atoms with Gasteiger partial charge in [-0.25, -0.2) is 0 Å². The van der Waals surface area contributed by atoms with Crippen LogP contribution in [0.25, 0.3) is 0 Å². The number of carbonyl (C=O) groups excluding carboxylic acids is 1. The Morgan fingerprint density at radius 3 is 2.59 bits per heavy atom. The van der Waals surface area contributed by atoms with Crippen LogP contribution in [-0.2, 0) is 12.5 Å². The number of hydrogen-bond donors (Lipinski definition) is 0. The highest BCUT2D eigenvalue weighted by Crippen LogP contribution is 2.27. The van der Waals surface area contributed by atoms with E-state index in [0.29, 0.717) is 12.1 Å². The molecule has 0 spiro atoms. The highest BCUT2D eigenvalue weighted by molar-refractivity contribution is 6.07. The molecule has 22 heavy (non-hydrogen) atoms. The second-order valence-corrected chi connectivity index (χ2v) is 6.47. The van der Waals surface area contributed by atoms with Gasteiger partial charge in [-0.05, 0) is 26.0 Å².